The van der Waals surface area contributed by atoms with Crippen molar-refractivity contribution >= 4 is 24.8 Å². The lowest BCUT2D eigenvalue weighted by Crippen LogP contribution is -2.30. The normalized spacial score (nSPS) is 31.5. The Balaban J connectivity index is 0.00000144. The summed E-state index contributed by atoms with van der Waals surface area (Å²) in [6.45, 7) is 1.38. The predicted molar refractivity (Wildman–Crippen MR) is 75.1 cm³/mol. The van der Waals surface area contributed by atoms with Crippen LogP contribution in [-0.4, -0.2) is 36.5 Å². The number of nitrogens with two attached hydrogens (primary N) is 1. The average molecular weight is 305 g/mol. The number of alkyl halides is 2. The molecule has 0 radical (unpaired) electrons. The topological polar surface area (TPSA) is 29.3 Å². The Morgan fingerprint density at radius 1 is 1.11 bits per heavy atom. The number of rotatable bonds is 3. The summed E-state index contributed by atoms with van der Waals surface area (Å²) in [4.78, 5) is 1.91. The van der Waals surface area contributed by atoms with E-state index in [2.05, 4.69) is 0 Å². The highest BCUT2D eigenvalue weighted by molar-refractivity contribution is 5.85. The lowest BCUT2D eigenvalue weighted by atomic mass is 9.84. The van der Waals surface area contributed by atoms with E-state index in [1.807, 2.05) is 4.90 Å². The van der Waals surface area contributed by atoms with Crippen molar-refractivity contribution in [3.05, 3.63) is 0 Å². The van der Waals surface area contributed by atoms with Crippen molar-refractivity contribution < 1.29 is 8.78 Å². The largest absolute Gasteiger partial charge is 0.328 e. The molecule has 2 rings (SSSR count). The van der Waals surface area contributed by atoms with E-state index in [0.29, 0.717) is 18.5 Å². The minimum Gasteiger partial charge on any atom is -0.328 e. The molecular formula is C12H24Cl2F2N2. The summed E-state index contributed by atoms with van der Waals surface area (Å²) in [6, 6.07) is 0.382. The fourth-order valence-corrected chi connectivity index (χ4v) is 2.84. The fourth-order valence-electron chi connectivity index (χ4n) is 2.84. The van der Waals surface area contributed by atoms with Crippen molar-refractivity contribution in [3.63, 3.8) is 0 Å². The van der Waals surface area contributed by atoms with Crippen LogP contribution in [0.2, 0.25) is 0 Å². The Hall–Kier alpha value is 0.360. The lowest BCUT2D eigenvalue weighted by Gasteiger charge is -2.27. The van der Waals surface area contributed by atoms with E-state index in [0.717, 1.165) is 25.8 Å². The molecule has 0 amide bonds. The first-order valence-corrected chi connectivity index (χ1v) is 6.41. The van der Waals surface area contributed by atoms with Crippen molar-refractivity contribution in [2.75, 3.05) is 19.6 Å². The number of likely N-dealkylation sites (tertiary alicyclic amines) is 1. The number of hydrogen-bond donors (Lipinski definition) is 1. The molecule has 0 bridgehead atoms. The van der Waals surface area contributed by atoms with Gasteiger partial charge < -0.3 is 5.73 Å². The van der Waals surface area contributed by atoms with Crippen molar-refractivity contribution in [1.29, 1.82) is 0 Å². The van der Waals surface area contributed by atoms with Crippen LogP contribution in [0.25, 0.3) is 0 Å². The van der Waals surface area contributed by atoms with Gasteiger partial charge in [-0.25, -0.2) is 8.78 Å². The molecular weight excluding hydrogens is 281 g/mol. The minimum atomic E-state index is -2.44. The molecule has 2 N–H and O–H groups in total. The molecule has 1 saturated carbocycles. The average Bonchev–Trinajstić information content (AvgIpc) is 2.58. The molecule has 2 aliphatic rings. The first-order valence-electron chi connectivity index (χ1n) is 6.41. The molecule has 2 fully saturated rings. The van der Waals surface area contributed by atoms with Gasteiger partial charge in [-0.3, -0.25) is 4.90 Å². The van der Waals surface area contributed by atoms with Crippen LogP contribution in [0.4, 0.5) is 8.78 Å². The van der Waals surface area contributed by atoms with Crippen LogP contribution < -0.4 is 5.73 Å². The van der Waals surface area contributed by atoms with Crippen LogP contribution in [0, 0.1) is 5.92 Å². The fraction of sp³-hybridized carbons (Fsp3) is 1.00. The Labute approximate surface area is 120 Å². The Bertz CT molecular complexity index is 234. The van der Waals surface area contributed by atoms with Gasteiger partial charge in [0.05, 0.1) is 6.54 Å². The first-order chi connectivity index (χ1) is 7.55. The van der Waals surface area contributed by atoms with E-state index in [-0.39, 0.29) is 37.8 Å². The standard InChI is InChI=1S/C12H22F2N2.2ClH/c13-12(14)6-8-16(9-12)7-5-10-1-3-11(15)4-2-10;;/h10-11H,1-9,15H2;2*1H. The maximum Gasteiger partial charge on any atom is 0.261 e. The second-order valence-corrected chi connectivity index (χ2v) is 5.45. The Morgan fingerprint density at radius 3 is 2.22 bits per heavy atom. The van der Waals surface area contributed by atoms with Crippen LogP contribution in [-0.2, 0) is 0 Å². The number of halogens is 4. The van der Waals surface area contributed by atoms with Gasteiger partial charge in [0.15, 0.2) is 0 Å². The summed E-state index contributed by atoms with van der Waals surface area (Å²) in [7, 11) is 0. The number of hydrogen-bond acceptors (Lipinski definition) is 2. The van der Waals surface area contributed by atoms with Gasteiger partial charge in [-0.15, -0.1) is 24.8 Å². The second-order valence-electron chi connectivity index (χ2n) is 5.45. The van der Waals surface area contributed by atoms with Crippen molar-refractivity contribution in [2.45, 2.75) is 50.5 Å². The zero-order chi connectivity index (χ0) is 11.6. The highest BCUT2D eigenvalue weighted by atomic mass is 35.5. The summed E-state index contributed by atoms with van der Waals surface area (Å²) in [6.07, 6.45) is 5.71. The van der Waals surface area contributed by atoms with Crippen LogP contribution in [0.3, 0.4) is 0 Å². The van der Waals surface area contributed by atoms with Gasteiger partial charge in [-0.2, -0.15) is 0 Å². The highest BCUT2D eigenvalue weighted by Crippen LogP contribution is 2.29. The number of nitrogens with zero attached hydrogens (tertiary/aromatic N) is 1. The molecule has 1 aliphatic carbocycles. The lowest BCUT2D eigenvalue weighted by molar-refractivity contribution is 0.0116. The molecule has 1 saturated heterocycles. The van der Waals surface area contributed by atoms with Crippen molar-refractivity contribution in [1.82, 2.24) is 4.90 Å². The van der Waals surface area contributed by atoms with Crippen LogP contribution in [0.5, 0.6) is 0 Å². The summed E-state index contributed by atoms with van der Waals surface area (Å²) < 4.78 is 25.9. The Morgan fingerprint density at radius 2 is 1.72 bits per heavy atom. The smallest absolute Gasteiger partial charge is 0.261 e. The van der Waals surface area contributed by atoms with Gasteiger partial charge in [-0.1, -0.05) is 0 Å². The maximum atomic E-state index is 13.0. The van der Waals surface area contributed by atoms with E-state index >= 15 is 0 Å². The van der Waals surface area contributed by atoms with Gasteiger partial charge in [0.1, 0.15) is 0 Å². The van der Waals surface area contributed by atoms with Gasteiger partial charge in [-0.05, 0) is 44.6 Å². The van der Waals surface area contributed by atoms with Gasteiger partial charge >= 0.3 is 0 Å². The van der Waals surface area contributed by atoms with Gasteiger partial charge in [0.2, 0.25) is 0 Å². The van der Waals surface area contributed by atoms with Crippen molar-refractivity contribution in [3.8, 4) is 0 Å². The van der Waals surface area contributed by atoms with E-state index in [9.17, 15) is 8.78 Å². The van der Waals surface area contributed by atoms with Gasteiger partial charge in [0, 0.05) is 19.0 Å². The van der Waals surface area contributed by atoms with Crippen LogP contribution in [0.15, 0.2) is 0 Å². The molecule has 1 aliphatic heterocycles. The van der Waals surface area contributed by atoms with E-state index in [1.165, 1.54) is 12.8 Å². The van der Waals surface area contributed by atoms with E-state index < -0.39 is 5.92 Å². The molecule has 1 heterocycles. The molecule has 6 heteroatoms. The third kappa shape index (κ3) is 5.55. The summed E-state index contributed by atoms with van der Waals surface area (Å²) in [5.74, 6) is -1.72. The first kappa shape index (κ1) is 18.4. The Kier molecular flexibility index (Phi) is 7.99. The maximum absolute atomic E-state index is 13.0. The second kappa shape index (κ2) is 7.83. The van der Waals surface area contributed by atoms with Crippen molar-refractivity contribution in [2.24, 2.45) is 11.7 Å². The molecule has 0 aromatic carbocycles. The van der Waals surface area contributed by atoms with Crippen LogP contribution in [0.1, 0.15) is 38.5 Å². The summed E-state index contributed by atoms with van der Waals surface area (Å²) in [5, 5.41) is 0. The molecule has 110 valence electrons. The summed E-state index contributed by atoms with van der Waals surface area (Å²) in [5.41, 5.74) is 5.84. The zero-order valence-corrected chi connectivity index (χ0v) is 12.2. The predicted octanol–water partition coefficient (Wildman–Crippen LogP) is 3.08. The highest BCUT2D eigenvalue weighted by Gasteiger charge is 2.37. The van der Waals surface area contributed by atoms with E-state index in [1.54, 1.807) is 0 Å². The third-order valence-corrected chi connectivity index (χ3v) is 3.99. The van der Waals surface area contributed by atoms with Gasteiger partial charge in [0.25, 0.3) is 5.92 Å². The molecule has 18 heavy (non-hydrogen) atoms. The third-order valence-electron chi connectivity index (χ3n) is 3.99. The molecule has 0 unspecified atom stereocenters. The monoisotopic (exact) mass is 304 g/mol. The molecule has 0 atom stereocenters. The van der Waals surface area contributed by atoms with Crippen LogP contribution >= 0.6 is 24.8 Å². The molecule has 2 nitrogen and oxygen atoms in total. The summed E-state index contributed by atoms with van der Waals surface area (Å²) >= 11 is 0. The molecule has 0 aromatic rings. The SMILES string of the molecule is Cl.Cl.NC1CCC(CCN2CCC(F)(F)C2)CC1. The molecule has 0 spiro atoms. The quantitative estimate of drug-likeness (QED) is 0.868. The zero-order valence-electron chi connectivity index (χ0n) is 10.6. The molecule has 0 aromatic heterocycles. The van der Waals surface area contributed by atoms with E-state index in [4.69, 9.17) is 5.73 Å². The minimum absolute atomic E-state index is 0.